The Bertz CT molecular complexity index is 412. The van der Waals surface area contributed by atoms with E-state index < -0.39 is 0 Å². The Labute approximate surface area is 128 Å². The molecule has 0 aliphatic heterocycles. The minimum absolute atomic E-state index is 0. The number of nitrogens with zero attached hydrogens (tertiary/aromatic N) is 1. The highest BCUT2D eigenvalue weighted by Gasteiger charge is 2.09. The fraction of sp³-hybridized carbons (Fsp3) is 0.462. The number of carbonyl (C=O) groups is 1. The molecule has 1 aromatic carbocycles. The molecule has 0 aliphatic carbocycles. The molecular weight excluding hydrogens is 332 g/mol. The molecule has 0 atom stereocenters. The largest absolute Gasteiger partial charge is 0.461 e. The highest BCUT2D eigenvalue weighted by atomic mass is 79.9. The van der Waals surface area contributed by atoms with Gasteiger partial charge in [0.05, 0.1) is 5.56 Å². The molecule has 0 amide bonds. The molecule has 0 aromatic heterocycles. The number of hydrogen-bond donors (Lipinski definition) is 1. The molecule has 0 saturated carbocycles. The fourth-order valence-electron chi connectivity index (χ4n) is 1.54. The highest BCUT2D eigenvalue weighted by Crippen LogP contribution is 2.20. The van der Waals surface area contributed by atoms with Crippen LogP contribution in [0.5, 0.6) is 0 Å². The van der Waals surface area contributed by atoms with Gasteiger partial charge in [0, 0.05) is 16.7 Å². The monoisotopic (exact) mass is 350 g/mol. The van der Waals surface area contributed by atoms with Crippen molar-refractivity contribution in [3.8, 4) is 0 Å². The minimum atomic E-state index is -0.317. The summed E-state index contributed by atoms with van der Waals surface area (Å²) in [4.78, 5) is 14.0. The molecule has 2 N–H and O–H groups in total. The Hall–Kier alpha value is -0.780. The summed E-state index contributed by atoms with van der Waals surface area (Å²) in [5.41, 5.74) is 6.78. The van der Waals surface area contributed by atoms with E-state index >= 15 is 0 Å². The zero-order chi connectivity index (χ0) is 13.5. The zero-order valence-corrected chi connectivity index (χ0v) is 13.6. The number of esters is 1. The number of nitrogens with two attached hydrogens (primary N) is 1. The summed E-state index contributed by atoms with van der Waals surface area (Å²) in [6.45, 7) is 7.26. The van der Waals surface area contributed by atoms with Crippen molar-refractivity contribution >= 4 is 40.0 Å². The molecule has 0 radical (unpaired) electrons. The molecule has 0 unspecified atom stereocenters. The number of likely N-dealkylation sites (N-methyl/N-ethyl adjacent to an activating group) is 1. The van der Waals surface area contributed by atoms with Crippen molar-refractivity contribution in [2.45, 2.75) is 13.8 Å². The molecule has 0 fully saturated rings. The van der Waals surface area contributed by atoms with Crippen LogP contribution in [0.4, 0.5) is 5.69 Å². The number of nitrogen functional groups attached to an aromatic ring is 1. The second-order valence-corrected chi connectivity index (χ2v) is 4.75. The molecular formula is C13H20BrClN2O2. The van der Waals surface area contributed by atoms with Crippen LogP contribution in [0.15, 0.2) is 22.7 Å². The third kappa shape index (κ3) is 5.80. The average Bonchev–Trinajstić information content (AvgIpc) is 2.37. The Morgan fingerprint density at radius 1 is 1.37 bits per heavy atom. The third-order valence-electron chi connectivity index (χ3n) is 2.77. The average molecular weight is 352 g/mol. The van der Waals surface area contributed by atoms with E-state index in [1.807, 2.05) is 0 Å². The van der Waals surface area contributed by atoms with Crippen molar-refractivity contribution in [1.29, 1.82) is 0 Å². The molecule has 0 spiro atoms. The minimum Gasteiger partial charge on any atom is -0.461 e. The summed E-state index contributed by atoms with van der Waals surface area (Å²) < 4.78 is 5.92. The van der Waals surface area contributed by atoms with Crippen LogP contribution in [0.3, 0.4) is 0 Å². The normalized spacial score (nSPS) is 10.1. The Morgan fingerprint density at radius 2 is 2.00 bits per heavy atom. The fourth-order valence-corrected chi connectivity index (χ4v) is 1.92. The number of rotatable bonds is 6. The molecule has 108 valence electrons. The van der Waals surface area contributed by atoms with E-state index in [0.29, 0.717) is 22.3 Å². The maximum absolute atomic E-state index is 11.8. The Kier molecular flexibility index (Phi) is 8.80. The molecule has 4 nitrogen and oxygen atoms in total. The first-order valence-electron chi connectivity index (χ1n) is 6.03. The van der Waals surface area contributed by atoms with Gasteiger partial charge in [0.25, 0.3) is 0 Å². The quantitative estimate of drug-likeness (QED) is 0.632. The predicted molar refractivity (Wildman–Crippen MR) is 83.9 cm³/mol. The molecule has 0 bridgehead atoms. The third-order valence-corrected chi connectivity index (χ3v) is 3.46. The molecule has 1 rings (SSSR count). The van der Waals surface area contributed by atoms with Crippen LogP contribution in [0.1, 0.15) is 24.2 Å². The SMILES string of the molecule is CCN(CC)CCOC(=O)c1ccc(N)c(Br)c1.Cl. The summed E-state index contributed by atoms with van der Waals surface area (Å²) in [5.74, 6) is -0.317. The van der Waals surface area contributed by atoms with Crippen molar-refractivity contribution in [2.24, 2.45) is 0 Å². The summed E-state index contributed by atoms with van der Waals surface area (Å²) in [7, 11) is 0. The highest BCUT2D eigenvalue weighted by molar-refractivity contribution is 9.10. The van der Waals surface area contributed by atoms with E-state index in [1.54, 1.807) is 18.2 Å². The maximum atomic E-state index is 11.8. The predicted octanol–water partition coefficient (Wildman–Crippen LogP) is 2.95. The number of benzene rings is 1. The van der Waals surface area contributed by atoms with Crippen molar-refractivity contribution in [3.63, 3.8) is 0 Å². The van der Waals surface area contributed by atoms with Gasteiger partial charge in [-0.15, -0.1) is 12.4 Å². The number of halogens is 2. The van der Waals surface area contributed by atoms with Gasteiger partial charge in [-0.1, -0.05) is 13.8 Å². The smallest absolute Gasteiger partial charge is 0.338 e. The van der Waals surface area contributed by atoms with Crippen molar-refractivity contribution in [3.05, 3.63) is 28.2 Å². The van der Waals surface area contributed by atoms with Crippen molar-refractivity contribution in [1.82, 2.24) is 4.90 Å². The standard InChI is InChI=1S/C13H19BrN2O2.ClH/c1-3-16(4-2)7-8-18-13(17)10-5-6-12(15)11(14)9-10;/h5-6,9H,3-4,7-8,15H2,1-2H3;1H. The van der Waals surface area contributed by atoms with Gasteiger partial charge in [0.2, 0.25) is 0 Å². The molecule has 0 heterocycles. The maximum Gasteiger partial charge on any atom is 0.338 e. The number of anilines is 1. The van der Waals surface area contributed by atoms with Gasteiger partial charge in [-0.25, -0.2) is 4.79 Å². The summed E-state index contributed by atoms with van der Waals surface area (Å²) in [6.07, 6.45) is 0. The number of carbonyl (C=O) groups excluding carboxylic acids is 1. The lowest BCUT2D eigenvalue weighted by Crippen LogP contribution is -2.27. The van der Waals surface area contributed by atoms with E-state index in [4.69, 9.17) is 10.5 Å². The molecule has 19 heavy (non-hydrogen) atoms. The first-order valence-corrected chi connectivity index (χ1v) is 6.82. The van der Waals surface area contributed by atoms with Crippen LogP contribution in [-0.4, -0.2) is 37.1 Å². The van der Waals surface area contributed by atoms with Crippen LogP contribution < -0.4 is 5.73 Å². The summed E-state index contributed by atoms with van der Waals surface area (Å²) >= 11 is 3.29. The van der Waals surface area contributed by atoms with E-state index in [2.05, 4.69) is 34.7 Å². The molecule has 6 heteroatoms. The van der Waals surface area contributed by atoms with E-state index in [9.17, 15) is 4.79 Å². The second-order valence-electron chi connectivity index (χ2n) is 3.90. The van der Waals surface area contributed by atoms with Crippen LogP contribution in [0.25, 0.3) is 0 Å². The summed E-state index contributed by atoms with van der Waals surface area (Å²) in [5, 5.41) is 0. The van der Waals surface area contributed by atoms with Gasteiger partial charge in [-0.05, 0) is 47.2 Å². The number of ether oxygens (including phenoxy) is 1. The van der Waals surface area contributed by atoms with Gasteiger partial charge in [0.1, 0.15) is 6.61 Å². The van der Waals surface area contributed by atoms with Crippen LogP contribution >= 0.6 is 28.3 Å². The summed E-state index contributed by atoms with van der Waals surface area (Å²) in [6, 6.07) is 5.03. The lowest BCUT2D eigenvalue weighted by atomic mass is 10.2. The van der Waals surface area contributed by atoms with Gasteiger partial charge in [-0.2, -0.15) is 0 Å². The second kappa shape index (κ2) is 9.18. The van der Waals surface area contributed by atoms with Crippen molar-refractivity contribution < 1.29 is 9.53 Å². The van der Waals surface area contributed by atoms with E-state index in [0.717, 1.165) is 19.6 Å². The Morgan fingerprint density at radius 3 is 2.53 bits per heavy atom. The van der Waals surface area contributed by atoms with Crippen LogP contribution in [0.2, 0.25) is 0 Å². The van der Waals surface area contributed by atoms with Gasteiger partial charge >= 0.3 is 5.97 Å². The first-order chi connectivity index (χ1) is 8.58. The molecule has 0 aliphatic rings. The van der Waals surface area contributed by atoms with E-state index in [1.165, 1.54) is 0 Å². The van der Waals surface area contributed by atoms with Crippen LogP contribution in [0, 0.1) is 0 Å². The Balaban J connectivity index is 0.00000324. The zero-order valence-electron chi connectivity index (χ0n) is 11.2. The molecule has 1 aromatic rings. The topological polar surface area (TPSA) is 55.6 Å². The lowest BCUT2D eigenvalue weighted by molar-refractivity contribution is 0.0466. The first kappa shape index (κ1) is 18.2. The van der Waals surface area contributed by atoms with Crippen molar-refractivity contribution in [2.75, 3.05) is 32.0 Å². The number of hydrogen-bond acceptors (Lipinski definition) is 4. The van der Waals surface area contributed by atoms with Gasteiger partial charge in [-0.3, -0.25) is 0 Å². The molecule has 0 saturated heterocycles. The van der Waals surface area contributed by atoms with Crippen LogP contribution in [-0.2, 0) is 4.74 Å². The lowest BCUT2D eigenvalue weighted by Gasteiger charge is -2.17. The van der Waals surface area contributed by atoms with Gasteiger partial charge in [0.15, 0.2) is 0 Å². The van der Waals surface area contributed by atoms with E-state index in [-0.39, 0.29) is 18.4 Å². The van der Waals surface area contributed by atoms with Gasteiger partial charge < -0.3 is 15.4 Å².